The lowest BCUT2D eigenvalue weighted by Crippen LogP contribution is -2.57. The molecule has 2 amide bonds. The molecule has 0 aromatic carbocycles. The first-order valence-electron chi connectivity index (χ1n) is 9.12. The second-order valence-corrected chi connectivity index (χ2v) is 7.51. The number of aryl methyl sites for hydroxylation is 1. The van der Waals surface area contributed by atoms with Crippen LogP contribution in [0.25, 0.3) is 0 Å². The van der Waals surface area contributed by atoms with Gasteiger partial charge < -0.3 is 9.80 Å². The molecule has 3 aliphatic rings. The predicted molar refractivity (Wildman–Crippen MR) is 90.3 cm³/mol. The monoisotopic (exact) mass is 327 g/mol. The predicted octanol–water partition coefficient (Wildman–Crippen LogP) is 1.93. The highest BCUT2D eigenvalue weighted by atomic mass is 16.2. The molecule has 5 nitrogen and oxygen atoms in total. The Balaban J connectivity index is 1.39. The van der Waals surface area contributed by atoms with E-state index < -0.39 is 0 Å². The third-order valence-corrected chi connectivity index (χ3v) is 5.69. The van der Waals surface area contributed by atoms with Crippen LogP contribution in [0.4, 0.5) is 0 Å². The van der Waals surface area contributed by atoms with Crippen molar-refractivity contribution in [3.05, 3.63) is 29.6 Å². The molecular formula is C19H25N3O2. The van der Waals surface area contributed by atoms with Crippen LogP contribution in [0.15, 0.2) is 18.3 Å². The molecule has 5 heteroatoms. The number of hydrogen-bond acceptors (Lipinski definition) is 3. The van der Waals surface area contributed by atoms with Gasteiger partial charge in [0.15, 0.2) is 0 Å². The summed E-state index contributed by atoms with van der Waals surface area (Å²) in [6.45, 7) is 3.53. The number of carbonyl (C=O) groups excluding carboxylic acids is 2. The number of amides is 2. The summed E-state index contributed by atoms with van der Waals surface area (Å²) in [4.78, 5) is 33.3. The minimum absolute atomic E-state index is 0.189. The van der Waals surface area contributed by atoms with E-state index in [-0.39, 0.29) is 5.91 Å². The van der Waals surface area contributed by atoms with Crippen LogP contribution >= 0.6 is 0 Å². The molecule has 128 valence electrons. The van der Waals surface area contributed by atoms with Gasteiger partial charge in [0.05, 0.1) is 6.42 Å². The van der Waals surface area contributed by atoms with Crippen molar-refractivity contribution in [2.24, 2.45) is 5.92 Å². The quantitative estimate of drug-likeness (QED) is 0.852. The van der Waals surface area contributed by atoms with Crippen LogP contribution in [0, 0.1) is 12.8 Å². The van der Waals surface area contributed by atoms with Crippen LogP contribution in [0.3, 0.4) is 0 Å². The van der Waals surface area contributed by atoms with E-state index in [0.717, 1.165) is 50.0 Å². The molecule has 4 rings (SSSR count). The summed E-state index contributed by atoms with van der Waals surface area (Å²) in [6.07, 6.45) is 7.08. The van der Waals surface area contributed by atoms with E-state index in [9.17, 15) is 9.59 Å². The summed E-state index contributed by atoms with van der Waals surface area (Å²) in [6, 6.07) is 4.80. The topological polar surface area (TPSA) is 53.5 Å². The summed E-state index contributed by atoms with van der Waals surface area (Å²) >= 11 is 0. The summed E-state index contributed by atoms with van der Waals surface area (Å²) in [5.74, 6) is 0.982. The number of carbonyl (C=O) groups is 2. The van der Waals surface area contributed by atoms with Crippen molar-refractivity contribution in [1.29, 1.82) is 0 Å². The molecule has 0 spiro atoms. The molecule has 1 aliphatic carbocycles. The van der Waals surface area contributed by atoms with Crippen LogP contribution in [-0.2, 0) is 16.0 Å². The van der Waals surface area contributed by atoms with Crippen molar-refractivity contribution in [2.75, 3.05) is 13.1 Å². The molecule has 24 heavy (non-hydrogen) atoms. The van der Waals surface area contributed by atoms with Gasteiger partial charge in [-0.3, -0.25) is 14.6 Å². The van der Waals surface area contributed by atoms with Crippen LogP contribution in [0.5, 0.6) is 0 Å². The summed E-state index contributed by atoms with van der Waals surface area (Å²) in [5.41, 5.74) is 1.95. The maximum absolute atomic E-state index is 12.6. The van der Waals surface area contributed by atoms with Crippen molar-refractivity contribution in [2.45, 2.75) is 57.5 Å². The van der Waals surface area contributed by atoms with Gasteiger partial charge in [0, 0.05) is 43.5 Å². The number of aromatic nitrogens is 1. The largest absolute Gasteiger partial charge is 0.342 e. The van der Waals surface area contributed by atoms with E-state index in [0.29, 0.717) is 36.8 Å². The fraction of sp³-hybridized carbons (Fsp3) is 0.632. The van der Waals surface area contributed by atoms with E-state index in [1.807, 2.05) is 24.0 Å². The molecule has 0 radical (unpaired) electrons. The first-order valence-corrected chi connectivity index (χ1v) is 9.12. The van der Waals surface area contributed by atoms with Crippen molar-refractivity contribution in [1.82, 2.24) is 14.8 Å². The number of hydrogen-bond donors (Lipinski definition) is 0. The summed E-state index contributed by atoms with van der Waals surface area (Å²) in [5, 5.41) is 0. The van der Waals surface area contributed by atoms with Gasteiger partial charge in [-0.2, -0.15) is 0 Å². The molecule has 3 heterocycles. The van der Waals surface area contributed by atoms with Crippen LogP contribution in [0.2, 0.25) is 0 Å². The van der Waals surface area contributed by atoms with Gasteiger partial charge in [-0.05, 0) is 50.2 Å². The fourth-order valence-corrected chi connectivity index (χ4v) is 4.24. The lowest BCUT2D eigenvalue weighted by molar-refractivity contribution is -0.144. The van der Waals surface area contributed by atoms with Gasteiger partial charge in [-0.15, -0.1) is 0 Å². The molecule has 1 aromatic heterocycles. The van der Waals surface area contributed by atoms with E-state index in [1.54, 1.807) is 6.20 Å². The molecule has 0 bridgehead atoms. The van der Waals surface area contributed by atoms with Gasteiger partial charge >= 0.3 is 0 Å². The highest BCUT2D eigenvalue weighted by molar-refractivity contribution is 5.80. The number of nitrogens with zero attached hydrogens (tertiary/aromatic N) is 3. The van der Waals surface area contributed by atoms with Crippen molar-refractivity contribution < 1.29 is 9.59 Å². The standard InChI is InChI=1S/C19H25N3O2/c1-13-2-3-14(11-20-13)10-19(24)21-9-8-17-15(12-21)4-7-18(23)22(17)16-5-6-16/h2-3,11,15-17H,4-10,12H2,1H3/t15-,17+/m1/s1. The Kier molecular flexibility index (Phi) is 4.02. The Labute approximate surface area is 143 Å². The Hall–Kier alpha value is -1.91. The van der Waals surface area contributed by atoms with Crippen molar-refractivity contribution in [3.63, 3.8) is 0 Å². The third-order valence-electron chi connectivity index (χ3n) is 5.69. The van der Waals surface area contributed by atoms with Gasteiger partial charge in [0.25, 0.3) is 0 Å². The molecule has 2 aliphatic heterocycles. The van der Waals surface area contributed by atoms with Gasteiger partial charge in [0.2, 0.25) is 11.8 Å². The third kappa shape index (κ3) is 3.04. The number of pyridine rings is 1. The van der Waals surface area contributed by atoms with Gasteiger partial charge in [0.1, 0.15) is 0 Å². The van der Waals surface area contributed by atoms with E-state index >= 15 is 0 Å². The zero-order valence-corrected chi connectivity index (χ0v) is 14.3. The zero-order valence-electron chi connectivity index (χ0n) is 14.3. The van der Waals surface area contributed by atoms with Crippen LogP contribution in [0.1, 0.15) is 43.4 Å². The molecule has 3 fully saturated rings. The van der Waals surface area contributed by atoms with Crippen molar-refractivity contribution in [3.8, 4) is 0 Å². The minimum atomic E-state index is 0.189. The lowest BCUT2D eigenvalue weighted by Gasteiger charge is -2.47. The molecule has 2 saturated heterocycles. The summed E-state index contributed by atoms with van der Waals surface area (Å²) in [7, 11) is 0. The van der Waals surface area contributed by atoms with E-state index in [2.05, 4.69) is 9.88 Å². The Morgan fingerprint density at radius 2 is 2.08 bits per heavy atom. The Morgan fingerprint density at radius 3 is 2.79 bits per heavy atom. The molecular weight excluding hydrogens is 302 g/mol. The molecule has 1 aromatic rings. The first-order chi connectivity index (χ1) is 11.6. The second kappa shape index (κ2) is 6.19. The maximum Gasteiger partial charge on any atom is 0.227 e. The SMILES string of the molecule is Cc1ccc(CC(=O)N2CC[C@H]3[C@H](CCC(=O)N3C3CC3)C2)cn1. The Morgan fingerprint density at radius 1 is 1.25 bits per heavy atom. The molecule has 0 unspecified atom stereocenters. The smallest absolute Gasteiger partial charge is 0.227 e. The van der Waals surface area contributed by atoms with E-state index in [4.69, 9.17) is 0 Å². The number of likely N-dealkylation sites (tertiary alicyclic amines) is 2. The van der Waals surface area contributed by atoms with E-state index in [1.165, 1.54) is 0 Å². The summed E-state index contributed by atoms with van der Waals surface area (Å²) < 4.78 is 0. The maximum atomic E-state index is 12.6. The highest BCUT2D eigenvalue weighted by Crippen LogP contribution is 2.39. The lowest BCUT2D eigenvalue weighted by atomic mass is 9.83. The van der Waals surface area contributed by atoms with Crippen LogP contribution < -0.4 is 0 Å². The fourth-order valence-electron chi connectivity index (χ4n) is 4.24. The van der Waals surface area contributed by atoms with Crippen molar-refractivity contribution >= 4 is 11.8 Å². The molecule has 2 atom stereocenters. The minimum Gasteiger partial charge on any atom is -0.342 e. The Bertz CT molecular complexity index is 639. The normalized spacial score (nSPS) is 27.1. The van der Waals surface area contributed by atoms with Crippen LogP contribution in [-0.4, -0.2) is 51.8 Å². The first kappa shape index (κ1) is 15.6. The average Bonchev–Trinajstić information content (AvgIpc) is 3.41. The highest BCUT2D eigenvalue weighted by Gasteiger charge is 2.45. The number of piperidine rings is 2. The second-order valence-electron chi connectivity index (χ2n) is 7.51. The average molecular weight is 327 g/mol. The molecule has 0 N–H and O–H groups in total. The zero-order chi connectivity index (χ0) is 16.7. The molecule has 1 saturated carbocycles. The number of rotatable bonds is 3. The van der Waals surface area contributed by atoms with Gasteiger partial charge in [-0.25, -0.2) is 0 Å². The van der Waals surface area contributed by atoms with Gasteiger partial charge in [-0.1, -0.05) is 6.07 Å². The number of fused-ring (bicyclic) bond motifs is 1.